The normalized spacial score (nSPS) is 11.8. The molecule has 6 nitrogen and oxygen atoms in total. The Morgan fingerprint density at radius 3 is 1.24 bits per heavy atom. The molecular formula is C40H48O6. The Morgan fingerprint density at radius 1 is 0.543 bits per heavy atom. The lowest BCUT2D eigenvalue weighted by atomic mass is 10.1. The Hall–Kier alpha value is -4.58. The number of benzene rings is 4. The molecule has 4 rings (SSSR count). The molecule has 0 saturated carbocycles. The molecule has 0 saturated heterocycles. The quantitative estimate of drug-likeness (QED) is 0.129. The molecule has 0 heterocycles. The van der Waals surface area contributed by atoms with Crippen LogP contribution >= 0.6 is 0 Å². The fourth-order valence-corrected chi connectivity index (χ4v) is 4.31. The Balaban J connectivity index is 0.000000250. The molecule has 0 aliphatic carbocycles. The van der Waals surface area contributed by atoms with Crippen molar-refractivity contribution in [1.29, 1.82) is 0 Å². The van der Waals surface area contributed by atoms with E-state index in [1.807, 2.05) is 114 Å². The minimum absolute atomic E-state index is 0.332. The smallest absolute Gasteiger partial charge is 0.331 e. The molecule has 0 N–H and O–H groups in total. The molecule has 4 aromatic carbocycles. The average Bonchev–Trinajstić information content (AvgIpc) is 2.99. The fourth-order valence-electron chi connectivity index (χ4n) is 4.31. The number of rotatable bonds is 10. The van der Waals surface area contributed by atoms with Gasteiger partial charge in [0.15, 0.2) is 0 Å². The van der Waals surface area contributed by atoms with E-state index in [0.29, 0.717) is 0 Å². The van der Waals surface area contributed by atoms with Crippen molar-refractivity contribution in [2.45, 2.75) is 79.4 Å². The number of carbonyl (C=O) groups excluding carboxylic acids is 2. The highest BCUT2D eigenvalue weighted by Crippen LogP contribution is 2.24. The van der Waals surface area contributed by atoms with E-state index >= 15 is 0 Å². The first-order valence-electron chi connectivity index (χ1n) is 15.9. The van der Waals surface area contributed by atoms with E-state index in [4.69, 9.17) is 18.9 Å². The van der Waals surface area contributed by atoms with Crippen LogP contribution in [0.4, 0.5) is 0 Å². The van der Waals surface area contributed by atoms with Crippen molar-refractivity contribution in [3.05, 3.63) is 96.1 Å². The van der Waals surface area contributed by atoms with Crippen molar-refractivity contribution < 1.29 is 28.5 Å². The second-order valence-electron chi connectivity index (χ2n) is 13.0. The standard InChI is InChI=1S/2C20H24O3/c2*1-5-12-22-18-10-9-16-13-15(6-8-17(16)14-18)7-11-19(21)23-20(2,3)4/h2*6-11,13-14H,5,12H2,1-4H3/b2*11-7+. The van der Waals surface area contributed by atoms with Crippen LogP contribution in [-0.2, 0) is 19.1 Å². The molecule has 0 aromatic heterocycles. The van der Waals surface area contributed by atoms with Crippen molar-refractivity contribution in [2.75, 3.05) is 13.2 Å². The molecule has 0 amide bonds. The molecule has 0 unspecified atom stereocenters. The third kappa shape index (κ3) is 12.8. The van der Waals surface area contributed by atoms with Crippen LogP contribution in [0.5, 0.6) is 11.5 Å². The summed E-state index contributed by atoms with van der Waals surface area (Å²) < 4.78 is 21.8. The van der Waals surface area contributed by atoms with Crippen LogP contribution in [0.1, 0.15) is 79.4 Å². The van der Waals surface area contributed by atoms with Crippen LogP contribution in [0.2, 0.25) is 0 Å². The maximum atomic E-state index is 11.7. The molecule has 46 heavy (non-hydrogen) atoms. The number of ether oxygens (including phenoxy) is 4. The second kappa shape index (κ2) is 16.6. The van der Waals surface area contributed by atoms with Gasteiger partial charge in [0.05, 0.1) is 13.2 Å². The predicted molar refractivity (Wildman–Crippen MR) is 189 cm³/mol. The Kier molecular flexibility index (Phi) is 13.0. The maximum Gasteiger partial charge on any atom is 0.331 e. The summed E-state index contributed by atoms with van der Waals surface area (Å²) in [6.45, 7) is 16.7. The molecule has 244 valence electrons. The number of hydrogen-bond acceptors (Lipinski definition) is 6. The van der Waals surface area contributed by atoms with Gasteiger partial charge in [-0.15, -0.1) is 0 Å². The zero-order valence-electron chi connectivity index (χ0n) is 28.5. The summed E-state index contributed by atoms with van der Waals surface area (Å²) in [5, 5.41) is 4.46. The van der Waals surface area contributed by atoms with Gasteiger partial charge in [-0.1, -0.05) is 50.2 Å². The van der Waals surface area contributed by atoms with E-state index in [0.717, 1.165) is 70.2 Å². The summed E-state index contributed by atoms with van der Waals surface area (Å²) in [6.07, 6.45) is 8.46. The predicted octanol–water partition coefficient (Wildman–Crippen LogP) is 9.97. The van der Waals surface area contributed by atoms with Gasteiger partial charge >= 0.3 is 11.9 Å². The van der Waals surface area contributed by atoms with E-state index in [1.165, 1.54) is 12.2 Å². The SMILES string of the molecule is CCCOc1ccc2cc(/C=C/C(=O)OC(C)(C)C)ccc2c1.CCCOc1ccc2cc(/C=C/C(=O)OC(C)(C)C)ccc2c1. The molecule has 0 aliphatic rings. The highest BCUT2D eigenvalue weighted by atomic mass is 16.6. The first-order valence-corrected chi connectivity index (χ1v) is 15.9. The molecule has 4 aromatic rings. The van der Waals surface area contributed by atoms with Gasteiger partial charge in [-0.2, -0.15) is 0 Å². The van der Waals surface area contributed by atoms with Gasteiger partial charge in [0.25, 0.3) is 0 Å². The average molecular weight is 625 g/mol. The summed E-state index contributed by atoms with van der Waals surface area (Å²) in [4.78, 5) is 23.4. The largest absolute Gasteiger partial charge is 0.494 e. The molecular weight excluding hydrogens is 576 g/mol. The van der Waals surface area contributed by atoms with Crippen LogP contribution in [0.25, 0.3) is 33.7 Å². The lowest BCUT2D eigenvalue weighted by molar-refractivity contribution is -0.149. The van der Waals surface area contributed by atoms with E-state index in [-0.39, 0.29) is 11.9 Å². The highest BCUT2D eigenvalue weighted by molar-refractivity contribution is 5.91. The minimum Gasteiger partial charge on any atom is -0.494 e. The summed E-state index contributed by atoms with van der Waals surface area (Å²) in [7, 11) is 0. The van der Waals surface area contributed by atoms with E-state index in [9.17, 15) is 9.59 Å². The van der Waals surface area contributed by atoms with Gasteiger partial charge in [-0.05, 0) is 136 Å². The van der Waals surface area contributed by atoms with Gasteiger partial charge in [-0.25, -0.2) is 9.59 Å². The first-order chi connectivity index (χ1) is 21.7. The highest BCUT2D eigenvalue weighted by Gasteiger charge is 2.14. The summed E-state index contributed by atoms with van der Waals surface area (Å²) >= 11 is 0. The summed E-state index contributed by atoms with van der Waals surface area (Å²) in [5.41, 5.74) is 0.982. The van der Waals surface area contributed by atoms with Crippen molar-refractivity contribution in [1.82, 2.24) is 0 Å². The number of carbonyl (C=O) groups is 2. The maximum absolute atomic E-state index is 11.7. The number of fused-ring (bicyclic) bond motifs is 2. The number of hydrogen-bond donors (Lipinski definition) is 0. The van der Waals surface area contributed by atoms with E-state index < -0.39 is 11.2 Å². The zero-order chi connectivity index (χ0) is 33.7. The summed E-state index contributed by atoms with van der Waals surface area (Å²) in [5.74, 6) is 1.11. The first kappa shape index (κ1) is 35.9. The van der Waals surface area contributed by atoms with Gasteiger partial charge in [-0.3, -0.25) is 0 Å². The molecule has 0 bridgehead atoms. The van der Waals surface area contributed by atoms with Gasteiger partial charge < -0.3 is 18.9 Å². The monoisotopic (exact) mass is 624 g/mol. The minimum atomic E-state index is -0.473. The number of esters is 2. The van der Waals surface area contributed by atoms with Crippen LogP contribution in [-0.4, -0.2) is 36.4 Å². The van der Waals surface area contributed by atoms with Gasteiger partial charge in [0.2, 0.25) is 0 Å². The molecule has 0 atom stereocenters. The molecule has 0 fully saturated rings. The molecule has 0 aliphatic heterocycles. The fraction of sp³-hybridized carbons (Fsp3) is 0.350. The molecule has 6 heteroatoms. The van der Waals surface area contributed by atoms with E-state index in [2.05, 4.69) is 13.8 Å². The van der Waals surface area contributed by atoms with Crippen LogP contribution in [0.15, 0.2) is 84.9 Å². The topological polar surface area (TPSA) is 71.1 Å². The Morgan fingerprint density at radius 2 is 0.891 bits per heavy atom. The van der Waals surface area contributed by atoms with Gasteiger partial charge in [0, 0.05) is 12.2 Å². The van der Waals surface area contributed by atoms with Gasteiger partial charge in [0.1, 0.15) is 22.7 Å². The van der Waals surface area contributed by atoms with Crippen molar-refractivity contribution in [3.63, 3.8) is 0 Å². The Bertz CT molecular complexity index is 1540. The zero-order valence-corrected chi connectivity index (χ0v) is 28.5. The molecule has 0 spiro atoms. The third-order valence-electron chi connectivity index (χ3n) is 6.25. The second-order valence-corrected chi connectivity index (χ2v) is 13.0. The lowest BCUT2D eigenvalue weighted by Crippen LogP contribution is -2.22. The van der Waals surface area contributed by atoms with Crippen LogP contribution in [0, 0.1) is 0 Å². The molecule has 0 radical (unpaired) electrons. The van der Waals surface area contributed by atoms with E-state index in [1.54, 1.807) is 12.2 Å². The van der Waals surface area contributed by atoms with Crippen molar-refractivity contribution in [3.8, 4) is 11.5 Å². The van der Waals surface area contributed by atoms with Crippen LogP contribution < -0.4 is 9.47 Å². The van der Waals surface area contributed by atoms with Crippen molar-refractivity contribution >= 4 is 45.6 Å². The Labute approximate surface area is 274 Å². The summed E-state index contributed by atoms with van der Waals surface area (Å²) in [6, 6.07) is 24.2. The van der Waals surface area contributed by atoms with Crippen molar-refractivity contribution in [2.24, 2.45) is 0 Å². The van der Waals surface area contributed by atoms with Crippen LogP contribution in [0.3, 0.4) is 0 Å². The lowest BCUT2D eigenvalue weighted by Gasteiger charge is -2.17. The third-order valence-corrected chi connectivity index (χ3v) is 6.25.